The van der Waals surface area contributed by atoms with E-state index in [-0.39, 0.29) is 11.1 Å². The number of benzene rings is 2. The van der Waals surface area contributed by atoms with E-state index in [4.69, 9.17) is 0 Å². The quantitative estimate of drug-likeness (QED) is 0.676. The first-order valence-corrected chi connectivity index (χ1v) is 6.85. The van der Waals surface area contributed by atoms with Crippen molar-refractivity contribution in [2.24, 2.45) is 4.99 Å². The van der Waals surface area contributed by atoms with Crippen LogP contribution in [0.5, 0.6) is 0 Å². The van der Waals surface area contributed by atoms with Crippen LogP contribution in [0.1, 0.15) is 0 Å². The lowest BCUT2D eigenvalue weighted by Crippen LogP contribution is -2.98. The Morgan fingerprint density at radius 1 is 1.05 bits per heavy atom. The van der Waals surface area contributed by atoms with E-state index in [0.717, 1.165) is 16.6 Å². The van der Waals surface area contributed by atoms with E-state index in [9.17, 15) is 5.21 Å². The highest BCUT2D eigenvalue weighted by atomic mass is 16.5. The van der Waals surface area contributed by atoms with Gasteiger partial charge in [-0.3, -0.25) is 10.2 Å². The van der Waals surface area contributed by atoms with Crippen LogP contribution in [0, 0.1) is 5.21 Å². The van der Waals surface area contributed by atoms with Crippen molar-refractivity contribution >= 4 is 33.9 Å². The second kappa shape index (κ2) is 5.10. The van der Waals surface area contributed by atoms with Gasteiger partial charge >= 0.3 is 0 Å². The summed E-state index contributed by atoms with van der Waals surface area (Å²) in [5.41, 5.74) is 6.77. The standard InChI is InChI=1S/C16H12N5O/c22-21-15-8-4-3-7-14(15)19-16(20-21)18-12-9-11-5-1-2-6-13(11)17-10-12/h1-10,21H,(H-,18,19,20)/q-1. The number of anilines is 1. The molecule has 108 valence electrons. The lowest BCUT2D eigenvalue weighted by Gasteiger charge is -2.33. The van der Waals surface area contributed by atoms with Crippen molar-refractivity contribution in [2.45, 2.75) is 0 Å². The molecule has 0 bridgehead atoms. The molecule has 1 atom stereocenters. The number of nitrogens with zero attached hydrogens (tertiary/aromatic N) is 3. The number of rotatable bonds is 1. The molecular weight excluding hydrogens is 278 g/mol. The molecule has 0 amide bonds. The van der Waals surface area contributed by atoms with Crippen LogP contribution in [0.4, 0.5) is 17.1 Å². The summed E-state index contributed by atoms with van der Waals surface area (Å²) in [6.45, 7) is 0. The van der Waals surface area contributed by atoms with E-state index in [2.05, 4.69) is 20.7 Å². The van der Waals surface area contributed by atoms with Gasteiger partial charge in [0.1, 0.15) is 0 Å². The van der Waals surface area contributed by atoms with Gasteiger partial charge in [0.05, 0.1) is 17.2 Å². The van der Waals surface area contributed by atoms with Gasteiger partial charge < -0.3 is 15.5 Å². The summed E-state index contributed by atoms with van der Waals surface area (Å²) in [5, 5.41) is 15.8. The van der Waals surface area contributed by atoms with Crippen LogP contribution in [0.3, 0.4) is 0 Å². The number of aromatic nitrogens is 1. The molecule has 2 aromatic carbocycles. The van der Waals surface area contributed by atoms with Crippen LogP contribution < -0.4 is 10.5 Å². The summed E-state index contributed by atoms with van der Waals surface area (Å²) in [6, 6.07) is 16.9. The maximum Gasteiger partial charge on any atom is 0.156 e. The number of hydrogen-bond donors (Lipinski definition) is 2. The molecule has 0 fully saturated rings. The van der Waals surface area contributed by atoms with Gasteiger partial charge in [0.2, 0.25) is 0 Å². The third kappa shape index (κ3) is 2.26. The summed E-state index contributed by atoms with van der Waals surface area (Å²) in [6.07, 6.45) is 1.70. The van der Waals surface area contributed by atoms with Gasteiger partial charge in [0, 0.05) is 23.3 Å². The fraction of sp³-hybridized carbons (Fsp3) is 0. The Bertz CT molecular complexity index is 877. The topological polar surface area (TPSA) is 78.9 Å². The number of para-hydroxylation sites is 2. The number of pyridine rings is 1. The van der Waals surface area contributed by atoms with Crippen molar-refractivity contribution < 1.29 is 5.17 Å². The molecule has 1 aliphatic heterocycles. The Hall–Kier alpha value is -2.96. The number of fused-ring (bicyclic) bond motifs is 2. The van der Waals surface area contributed by atoms with Gasteiger partial charge in [-0.05, 0) is 18.2 Å². The second-order valence-electron chi connectivity index (χ2n) is 4.91. The van der Waals surface area contributed by atoms with Gasteiger partial charge in [0.15, 0.2) is 5.69 Å². The molecule has 1 aromatic heterocycles. The molecule has 22 heavy (non-hydrogen) atoms. The highest BCUT2D eigenvalue weighted by molar-refractivity contribution is 6.05. The minimum Gasteiger partial charge on any atom is -0.612 e. The van der Waals surface area contributed by atoms with Crippen molar-refractivity contribution in [3.8, 4) is 0 Å². The lowest BCUT2D eigenvalue weighted by molar-refractivity contribution is -0.725. The first-order valence-electron chi connectivity index (χ1n) is 6.85. The number of guanidine groups is 1. The summed E-state index contributed by atoms with van der Waals surface area (Å²) < 4.78 is 0. The molecule has 2 heterocycles. The number of quaternary nitrogens is 1. The largest absolute Gasteiger partial charge is 0.612 e. The van der Waals surface area contributed by atoms with E-state index in [0.29, 0.717) is 11.4 Å². The first-order chi connectivity index (χ1) is 10.8. The minimum atomic E-state index is -0.290. The van der Waals surface area contributed by atoms with Crippen LogP contribution in [0.25, 0.3) is 16.3 Å². The van der Waals surface area contributed by atoms with Gasteiger partial charge in [-0.1, -0.05) is 30.3 Å². The highest BCUT2D eigenvalue weighted by Crippen LogP contribution is 2.25. The second-order valence-corrected chi connectivity index (χ2v) is 4.91. The van der Waals surface area contributed by atoms with E-state index in [1.165, 1.54) is 0 Å². The molecule has 6 heteroatoms. The predicted octanol–water partition coefficient (Wildman–Crippen LogP) is 2.65. The Kier molecular flexibility index (Phi) is 2.96. The monoisotopic (exact) mass is 290 g/mol. The van der Waals surface area contributed by atoms with Crippen LogP contribution in [0.15, 0.2) is 65.8 Å². The average molecular weight is 290 g/mol. The SMILES string of the molecule is [O-][NH+]1[N-]C(Nc2cnc3ccccc3c2)=Nc2ccccc21. The van der Waals surface area contributed by atoms with Crippen molar-refractivity contribution in [1.29, 1.82) is 0 Å². The van der Waals surface area contributed by atoms with Crippen LogP contribution >= 0.6 is 0 Å². The molecule has 0 radical (unpaired) electrons. The lowest BCUT2D eigenvalue weighted by atomic mass is 10.2. The van der Waals surface area contributed by atoms with E-state index >= 15 is 0 Å². The maximum atomic E-state index is 12.0. The number of aliphatic imine (C=N–C) groups is 1. The fourth-order valence-electron chi connectivity index (χ4n) is 2.37. The van der Waals surface area contributed by atoms with Gasteiger partial charge in [-0.25, -0.2) is 0 Å². The zero-order valence-electron chi connectivity index (χ0n) is 11.5. The molecule has 1 unspecified atom stereocenters. The van der Waals surface area contributed by atoms with Crippen molar-refractivity contribution in [3.63, 3.8) is 0 Å². The maximum absolute atomic E-state index is 12.0. The zero-order chi connectivity index (χ0) is 14.9. The Balaban J connectivity index is 1.67. The van der Waals surface area contributed by atoms with Crippen LogP contribution in [0.2, 0.25) is 0 Å². The molecular formula is C16H12N5O-. The normalized spacial score (nSPS) is 16.6. The average Bonchev–Trinajstić information content (AvgIpc) is 2.55. The summed E-state index contributed by atoms with van der Waals surface area (Å²) in [7, 11) is 0. The molecule has 2 N–H and O–H groups in total. The van der Waals surface area contributed by atoms with Gasteiger partial charge in [0.25, 0.3) is 0 Å². The van der Waals surface area contributed by atoms with Crippen LogP contribution in [-0.4, -0.2) is 10.9 Å². The highest BCUT2D eigenvalue weighted by Gasteiger charge is 2.11. The smallest absolute Gasteiger partial charge is 0.156 e. The van der Waals surface area contributed by atoms with Crippen molar-refractivity contribution in [2.75, 3.05) is 5.32 Å². The summed E-state index contributed by atoms with van der Waals surface area (Å²) >= 11 is 0. The molecule has 0 saturated heterocycles. The molecule has 0 saturated carbocycles. The predicted molar refractivity (Wildman–Crippen MR) is 86.3 cm³/mol. The van der Waals surface area contributed by atoms with E-state index in [1.807, 2.05) is 36.4 Å². The van der Waals surface area contributed by atoms with Crippen LogP contribution in [-0.2, 0) is 0 Å². The fourth-order valence-corrected chi connectivity index (χ4v) is 2.37. The number of hydrogen-bond acceptors (Lipinski definition) is 4. The molecule has 3 aromatic rings. The van der Waals surface area contributed by atoms with Gasteiger partial charge in [-0.2, -0.15) is 5.43 Å². The van der Waals surface area contributed by atoms with Crippen molar-refractivity contribution in [1.82, 2.24) is 4.98 Å². The molecule has 0 spiro atoms. The third-order valence-electron chi connectivity index (χ3n) is 3.41. The zero-order valence-corrected chi connectivity index (χ0v) is 11.5. The van der Waals surface area contributed by atoms with E-state index in [1.54, 1.807) is 24.4 Å². The summed E-state index contributed by atoms with van der Waals surface area (Å²) in [5.74, 6) is 0.279. The first kappa shape index (κ1) is 12.8. The van der Waals surface area contributed by atoms with Crippen molar-refractivity contribution in [3.05, 3.63) is 71.4 Å². The Morgan fingerprint density at radius 2 is 1.86 bits per heavy atom. The molecule has 6 nitrogen and oxygen atoms in total. The Labute approximate surface area is 126 Å². The molecule has 0 aliphatic carbocycles. The number of nitrogens with one attached hydrogen (secondary N) is 2. The van der Waals surface area contributed by atoms with Gasteiger partial charge in [-0.15, -0.1) is 0 Å². The third-order valence-corrected chi connectivity index (χ3v) is 3.41. The molecule has 1 aliphatic rings. The minimum absolute atomic E-state index is 0.279. The molecule has 4 rings (SSSR count). The summed E-state index contributed by atoms with van der Waals surface area (Å²) in [4.78, 5) is 8.73. The van der Waals surface area contributed by atoms with E-state index < -0.39 is 0 Å². The Morgan fingerprint density at radius 3 is 2.82 bits per heavy atom.